The Morgan fingerprint density at radius 1 is 1.05 bits per heavy atom. The van der Waals surface area contributed by atoms with Gasteiger partial charge < -0.3 is 5.32 Å². The van der Waals surface area contributed by atoms with Gasteiger partial charge >= 0.3 is 0 Å². The second-order valence-electron chi connectivity index (χ2n) is 3.84. The van der Waals surface area contributed by atoms with Crippen molar-refractivity contribution >= 4 is 56.4 Å². The van der Waals surface area contributed by atoms with Crippen molar-refractivity contribution in [3.63, 3.8) is 0 Å². The van der Waals surface area contributed by atoms with Crippen LogP contribution in [0.5, 0.6) is 0 Å². The Bertz CT molecular complexity index is 596. The van der Waals surface area contributed by atoms with E-state index in [1.54, 1.807) is 6.07 Å². The highest BCUT2D eigenvalue weighted by Gasteiger charge is 2.08. The second kappa shape index (κ2) is 6.31. The van der Waals surface area contributed by atoms with Crippen LogP contribution in [0.4, 0.5) is 10.1 Å². The Labute approximate surface area is 133 Å². The molecule has 0 aliphatic rings. The molecule has 1 nitrogen and oxygen atoms in total. The molecule has 0 spiro atoms. The van der Waals surface area contributed by atoms with Gasteiger partial charge in [0.15, 0.2) is 5.82 Å². The van der Waals surface area contributed by atoms with Gasteiger partial charge in [-0.15, -0.1) is 0 Å². The zero-order chi connectivity index (χ0) is 14.0. The van der Waals surface area contributed by atoms with Gasteiger partial charge in [0.25, 0.3) is 0 Å². The van der Waals surface area contributed by atoms with Crippen LogP contribution < -0.4 is 5.32 Å². The summed E-state index contributed by atoms with van der Waals surface area (Å²) in [4.78, 5) is 0. The normalized spacial score (nSPS) is 10.6. The van der Waals surface area contributed by atoms with Gasteiger partial charge in [0, 0.05) is 21.7 Å². The summed E-state index contributed by atoms with van der Waals surface area (Å²) in [5.74, 6) is -0.610. The minimum atomic E-state index is -0.610. The van der Waals surface area contributed by atoms with Crippen molar-refractivity contribution in [2.75, 3.05) is 5.32 Å². The van der Waals surface area contributed by atoms with Gasteiger partial charge in [-0.25, -0.2) is 4.39 Å². The molecule has 0 aliphatic carbocycles. The summed E-state index contributed by atoms with van der Waals surface area (Å²) in [6.45, 7) is 0.538. The van der Waals surface area contributed by atoms with Crippen LogP contribution in [0.15, 0.2) is 34.8 Å². The first-order valence-corrected chi connectivity index (χ1v) is 7.22. The molecule has 100 valence electrons. The lowest BCUT2D eigenvalue weighted by Gasteiger charge is -2.10. The molecule has 0 unspecified atom stereocenters. The van der Waals surface area contributed by atoms with Gasteiger partial charge in [-0.3, -0.25) is 0 Å². The van der Waals surface area contributed by atoms with Gasteiger partial charge in [0.05, 0.1) is 10.0 Å². The summed E-state index contributed by atoms with van der Waals surface area (Å²) >= 11 is 20.7. The minimum absolute atomic E-state index is 0.00910. The molecule has 2 aromatic carbocycles. The van der Waals surface area contributed by atoms with E-state index in [2.05, 4.69) is 21.2 Å². The standard InChI is InChI=1S/C13H8BrCl3FN/c14-10-3-8(15)2-1-7(10)6-19-9-4-11(16)13(18)12(17)5-9/h1-5,19H,6H2. The molecule has 0 atom stereocenters. The number of nitrogens with one attached hydrogen (secondary N) is 1. The highest BCUT2D eigenvalue weighted by molar-refractivity contribution is 9.10. The van der Waals surface area contributed by atoms with Gasteiger partial charge in [0.2, 0.25) is 0 Å². The third-order valence-electron chi connectivity index (χ3n) is 2.48. The Kier molecular flexibility index (Phi) is 4.96. The van der Waals surface area contributed by atoms with Crippen LogP contribution in [0.25, 0.3) is 0 Å². The van der Waals surface area contributed by atoms with E-state index < -0.39 is 5.82 Å². The lowest BCUT2D eigenvalue weighted by Crippen LogP contribution is -2.00. The van der Waals surface area contributed by atoms with Crippen LogP contribution >= 0.6 is 50.7 Å². The predicted molar refractivity (Wildman–Crippen MR) is 82.9 cm³/mol. The third-order valence-corrected chi connectivity index (χ3v) is 4.01. The van der Waals surface area contributed by atoms with E-state index in [0.717, 1.165) is 10.0 Å². The molecule has 19 heavy (non-hydrogen) atoms. The van der Waals surface area contributed by atoms with Gasteiger partial charge in [0.1, 0.15) is 0 Å². The summed E-state index contributed by atoms with van der Waals surface area (Å²) in [6.07, 6.45) is 0. The van der Waals surface area contributed by atoms with Crippen LogP contribution in [0.1, 0.15) is 5.56 Å². The molecule has 0 heterocycles. The van der Waals surface area contributed by atoms with Gasteiger partial charge in [-0.05, 0) is 29.8 Å². The minimum Gasteiger partial charge on any atom is -0.381 e. The first-order chi connectivity index (χ1) is 8.97. The molecule has 0 saturated carbocycles. The number of rotatable bonds is 3. The quantitative estimate of drug-likeness (QED) is 0.626. The smallest absolute Gasteiger partial charge is 0.160 e. The molecular formula is C13H8BrCl3FN. The number of hydrogen-bond acceptors (Lipinski definition) is 1. The van der Waals surface area contributed by atoms with Crippen molar-refractivity contribution in [3.8, 4) is 0 Å². The highest BCUT2D eigenvalue weighted by Crippen LogP contribution is 2.28. The zero-order valence-corrected chi connectivity index (χ0v) is 13.3. The van der Waals surface area contributed by atoms with Crippen molar-refractivity contribution in [1.82, 2.24) is 0 Å². The Hall–Kier alpha value is -0.480. The SMILES string of the molecule is Fc1c(Cl)cc(NCc2ccc(Cl)cc2Br)cc1Cl. The number of hydrogen-bond donors (Lipinski definition) is 1. The molecule has 0 saturated heterocycles. The average Bonchev–Trinajstić information content (AvgIpc) is 2.34. The van der Waals surface area contributed by atoms with E-state index in [9.17, 15) is 4.39 Å². The molecule has 6 heteroatoms. The van der Waals surface area contributed by atoms with Crippen molar-refractivity contribution in [2.24, 2.45) is 0 Å². The molecule has 0 aliphatic heterocycles. The summed E-state index contributed by atoms with van der Waals surface area (Å²) in [7, 11) is 0. The number of halogens is 5. The van der Waals surface area contributed by atoms with E-state index >= 15 is 0 Å². The second-order valence-corrected chi connectivity index (χ2v) is 5.95. The fourth-order valence-corrected chi connectivity index (χ4v) is 2.83. The third kappa shape index (κ3) is 3.76. The summed E-state index contributed by atoms with van der Waals surface area (Å²) in [5, 5.41) is 3.76. The fourth-order valence-electron chi connectivity index (χ4n) is 1.52. The molecule has 0 bridgehead atoms. The Morgan fingerprint density at radius 2 is 1.68 bits per heavy atom. The summed E-state index contributed by atoms with van der Waals surface area (Å²) in [5.41, 5.74) is 1.67. The van der Waals surface area contributed by atoms with E-state index in [4.69, 9.17) is 34.8 Å². The summed E-state index contributed by atoms with van der Waals surface area (Å²) < 4.78 is 14.2. The highest BCUT2D eigenvalue weighted by atomic mass is 79.9. The van der Waals surface area contributed by atoms with Crippen molar-refractivity contribution in [3.05, 3.63) is 61.3 Å². The van der Waals surface area contributed by atoms with Crippen LogP contribution in [-0.2, 0) is 6.54 Å². The van der Waals surface area contributed by atoms with E-state index in [1.807, 2.05) is 12.1 Å². The molecule has 0 fully saturated rings. The predicted octanol–water partition coefficient (Wildman–Crippen LogP) is 6.16. The Morgan fingerprint density at radius 3 is 2.26 bits per heavy atom. The van der Waals surface area contributed by atoms with Crippen molar-refractivity contribution in [1.29, 1.82) is 0 Å². The van der Waals surface area contributed by atoms with Crippen molar-refractivity contribution in [2.45, 2.75) is 6.54 Å². The lowest BCUT2D eigenvalue weighted by atomic mass is 10.2. The average molecular weight is 383 g/mol. The molecule has 0 aromatic heterocycles. The maximum absolute atomic E-state index is 13.3. The summed E-state index contributed by atoms with van der Waals surface area (Å²) in [6, 6.07) is 8.49. The maximum Gasteiger partial charge on any atom is 0.160 e. The molecule has 2 rings (SSSR count). The molecule has 2 aromatic rings. The Balaban J connectivity index is 2.14. The molecular weight excluding hydrogens is 375 g/mol. The van der Waals surface area contributed by atoms with E-state index in [-0.39, 0.29) is 10.0 Å². The fraction of sp³-hybridized carbons (Fsp3) is 0.0769. The zero-order valence-electron chi connectivity index (χ0n) is 9.48. The topological polar surface area (TPSA) is 12.0 Å². The van der Waals surface area contributed by atoms with Crippen LogP contribution in [0.2, 0.25) is 15.1 Å². The van der Waals surface area contributed by atoms with E-state index in [0.29, 0.717) is 17.3 Å². The van der Waals surface area contributed by atoms with Gasteiger partial charge in [-0.1, -0.05) is 56.8 Å². The van der Waals surface area contributed by atoms with E-state index in [1.165, 1.54) is 12.1 Å². The monoisotopic (exact) mass is 381 g/mol. The lowest BCUT2D eigenvalue weighted by molar-refractivity contribution is 0.629. The van der Waals surface area contributed by atoms with Crippen LogP contribution in [0, 0.1) is 5.82 Å². The molecule has 0 radical (unpaired) electrons. The molecule has 0 amide bonds. The van der Waals surface area contributed by atoms with Gasteiger partial charge in [-0.2, -0.15) is 0 Å². The first-order valence-electron chi connectivity index (χ1n) is 5.29. The largest absolute Gasteiger partial charge is 0.381 e. The number of anilines is 1. The number of benzene rings is 2. The molecule has 1 N–H and O–H groups in total. The maximum atomic E-state index is 13.3. The van der Waals surface area contributed by atoms with Crippen LogP contribution in [0.3, 0.4) is 0 Å². The van der Waals surface area contributed by atoms with Crippen LogP contribution in [-0.4, -0.2) is 0 Å². The van der Waals surface area contributed by atoms with Crippen molar-refractivity contribution < 1.29 is 4.39 Å². The first kappa shape index (κ1) is 14.9.